The lowest BCUT2D eigenvalue weighted by Gasteiger charge is -2.40. The lowest BCUT2D eigenvalue weighted by atomic mass is 9.91. The Balaban J connectivity index is 0.000000215. The topological polar surface area (TPSA) is 162 Å². The number of Topliss-reactive ketones (excluding diaryl/α,β-unsaturated/α-hetero) is 2. The molecule has 4 fully saturated rings. The molecule has 5 heterocycles. The predicted octanol–water partition coefficient (Wildman–Crippen LogP) is 7.31. The zero-order chi connectivity index (χ0) is 49.1. The molecule has 0 spiro atoms. The number of nitrogens with one attached hydrogen (secondary N) is 2. The van der Waals surface area contributed by atoms with Crippen molar-refractivity contribution in [2.75, 3.05) is 92.5 Å². The van der Waals surface area contributed by atoms with Gasteiger partial charge in [-0.25, -0.2) is 8.78 Å². The van der Waals surface area contributed by atoms with Gasteiger partial charge in [-0.1, -0.05) is 20.8 Å². The van der Waals surface area contributed by atoms with Crippen LogP contribution in [0.1, 0.15) is 93.0 Å². The number of piperazine rings is 2. The molecule has 0 radical (unpaired) electrons. The van der Waals surface area contributed by atoms with Crippen molar-refractivity contribution in [2.45, 2.75) is 72.8 Å². The van der Waals surface area contributed by atoms with Crippen LogP contribution >= 0.6 is 0 Å². The Hall–Kier alpha value is -6.31. The summed E-state index contributed by atoms with van der Waals surface area (Å²) in [5, 5.41) is 15.0. The lowest BCUT2D eigenvalue weighted by Crippen LogP contribution is -2.50. The number of pyridine rings is 1. The number of amides is 3. The third kappa shape index (κ3) is 12.6. The number of piperidine rings is 2. The number of carbonyl (C=O) groups is 5. The predicted molar refractivity (Wildman–Crippen MR) is 262 cm³/mol. The zero-order valence-corrected chi connectivity index (χ0v) is 40.2. The van der Waals surface area contributed by atoms with Crippen molar-refractivity contribution in [3.05, 3.63) is 89.1 Å². The standard InChI is InChI=1S/C30H38F2N4O3.C16H18N4.C6H9NO2/c1-4-20(2)30(39)25-16-27(32)29(17-24(25)21(3)38)36-13-11-34(12-14-36)18-22-7-9-35(10-8-22)28-6-5-23(33-19-37)15-26(28)31;1-12-11-19(2)8-9-20(12)15-6-5-13(10-17)16-14(15)4-3-7-18-16;1-4-2-3-5(8)7-6(4)9/h5-6,15-17,19-20,22H,4,7-14,18H2,1-3H3,(H,33,37);3-7,12H,8-9,11H2,1-2H3;4H,2-3H2,1H3,(H,7,8,9). The van der Waals surface area contributed by atoms with Crippen LogP contribution in [0, 0.1) is 40.7 Å². The van der Waals surface area contributed by atoms with Crippen LogP contribution in [0.25, 0.3) is 10.9 Å². The SMILES string of the molecule is CC1CCC(=O)NC1=O.CC1CN(C)CCN1c1ccc(C#N)c2ncccc12.CCC(C)C(=O)c1cc(F)c(N2CCN(CC3CCN(c4ccc(NC=O)cc4F)CC3)CC2)cc1C(C)=O. The quantitative estimate of drug-likeness (QED) is 0.0878. The Morgan fingerprint density at radius 3 is 2.21 bits per heavy atom. The molecule has 3 atom stereocenters. The van der Waals surface area contributed by atoms with Crippen molar-refractivity contribution in [2.24, 2.45) is 17.8 Å². The summed E-state index contributed by atoms with van der Waals surface area (Å²) >= 11 is 0. The number of fused-ring (bicyclic) bond motifs is 1. The summed E-state index contributed by atoms with van der Waals surface area (Å²) in [5.74, 6) is -1.26. The summed E-state index contributed by atoms with van der Waals surface area (Å²) in [6.07, 6.45) is 6.02. The third-order valence-corrected chi connectivity index (χ3v) is 13.7. The maximum atomic E-state index is 15.2. The number of aromatic nitrogens is 1. The number of ketones is 2. The van der Waals surface area contributed by atoms with Crippen LogP contribution in [0.5, 0.6) is 0 Å². The molecule has 4 aromatic rings. The molecule has 68 heavy (non-hydrogen) atoms. The summed E-state index contributed by atoms with van der Waals surface area (Å²) in [5.41, 5.74) is 4.48. The Kier molecular flexibility index (Phi) is 17.7. The number of benzene rings is 3. The van der Waals surface area contributed by atoms with E-state index in [9.17, 15) is 33.6 Å². The van der Waals surface area contributed by atoms with Crippen LogP contribution in [0.15, 0.2) is 60.8 Å². The molecule has 4 aliphatic heterocycles. The number of hydrogen-bond acceptors (Lipinski definition) is 12. The number of anilines is 4. The fourth-order valence-electron chi connectivity index (χ4n) is 9.36. The highest BCUT2D eigenvalue weighted by Crippen LogP contribution is 2.32. The van der Waals surface area contributed by atoms with Crippen molar-refractivity contribution < 1.29 is 32.8 Å². The van der Waals surface area contributed by atoms with E-state index in [1.165, 1.54) is 24.7 Å². The second-order valence-corrected chi connectivity index (χ2v) is 18.5. The van der Waals surface area contributed by atoms with Crippen molar-refractivity contribution in [1.29, 1.82) is 5.26 Å². The van der Waals surface area contributed by atoms with Crippen LogP contribution in [0.3, 0.4) is 0 Å². The molecule has 0 aliphatic carbocycles. The molecule has 8 rings (SSSR count). The highest BCUT2D eigenvalue weighted by molar-refractivity contribution is 6.09. The first-order chi connectivity index (χ1) is 32.6. The van der Waals surface area contributed by atoms with E-state index in [0.29, 0.717) is 73.3 Å². The van der Waals surface area contributed by atoms with E-state index in [1.54, 1.807) is 31.3 Å². The van der Waals surface area contributed by atoms with Crippen molar-refractivity contribution in [1.82, 2.24) is 20.1 Å². The molecule has 4 aliphatic rings. The largest absolute Gasteiger partial charge is 0.369 e. The van der Waals surface area contributed by atoms with Crippen LogP contribution in [-0.2, 0) is 14.4 Å². The molecule has 4 saturated heterocycles. The van der Waals surface area contributed by atoms with E-state index in [1.807, 2.05) is 30.9 Å². The van der Waals surface area contributed by atoms with Crippen molar-refractivity contribution >= 4 is 63.4 Å². The molecular weight excluding hydrogens is 869 g/mol. The maximum Gasteiger partial charge on any atom is 0.229 e. The fourth-order valence-corrected chi connectivity index (χ4v) is 9.36. The van der Waals surface area contributed by atoms with Gasteiger partial charge in [-0.3, -0.25) is 39.2 Å². The van der Waals surface area contributed by atoms with Gasteiger partial charge in [-0.05, 0) is 107 Å². The van der Waals surface area contributed by atoms with Crippen LogP contribution in [0.2, 0.25) is 0 Å². The maximum absolute atomic E-state index is 15.2. The van der Waals surface area contributed by atoms with Crippen LogP contribution < -0.4 is 25.3 Å². The Morgan fingerprint density at radius 2 is 1.59 bits per heavy atom. The first-order valence-electron chi connectivity index (χ1n) is 23.8. The second kappa shape index (κ2) is 23.6. The highest BCUT2D eigenvalue weighted by atomic mass is 19.1. The number of nitriles is 1. The van der Waals surface area contributed by atoms with E-state index in [4.69, 9.17) is 0 Å². The van der Waals surface area contributed by atoms with E-state index in [-0.39, 0.29) is 52.2 Å². The van der Waals surface area contributed by atoms with Gasteiger partial charge in [-0.2, -0.15) is 5.26 Å². The molecule has 0 bridgehead atoms. The fraction of sp³-hybridized carbons (Fsp3) is 0.481. The summed E-state index contributed by atoms with van der Waals surface area (Å²) in [7, 11) is 2.16. The van der Waals surface area contributed by atoms with Gasteiger partial charge in [0, 0.05) is 124 Å². The van der Waals surface area contributed by atoms with Crippen molar-refractivity contribution in [3.63, 3.8) is 0 Å². The number of halogens is 2. The van der Waals surface area contributed by atoms with Crippen molar-refractivity contribution in [3.8, 4) is 6.07 Å². The lowest BCUT2D eigenvalue weighted by molar-refractivity contribution is -0.135. The summed E-state index contributed by atoms with van der Waals surface area (Å²) < 4.78 is 29.7. The Morgan fingerprint density at radius 1 is 0.897 bits per heavy atom. The average molecular weight is 934 g/mol. The second-order valence-electron chi connectivity index (χ2n) is 18.5. The van der Waals surface area contributed by atoms with E-state index < -0.39 is 5.82 Å². The first kappa shape index (κ1) is 51.1. The van der Waals surface area contributed by atoms with Gasteiger partial charge >= 0.3 is 0 Å². The van der Waals surface area contributed by atoms with E-state index in [0.717, 1.165) is 76.1 Å². The minimum absolute atomic E-state index is 0.0164. The summed E-state index contributed by atoms with van der Waals surface area (Å²) in [6, 6.07) is 18.2. The van der Waals surface area contributed by atoms with Gasteiger partial charge in [-0.15, -0.1) is 0 Å². The molecule has 362 valence electrons. The molecule has 3 aromatic carbocycles. The minimum Gasteiger partial charge on any atom is -0.369 e. The Labute approximate surface area is 398 Å². The summed E-state index contributed by atoms with van der Waals surface area (Å²) in [4.78, 5) is 72.4. The molecule has 3 unspecified atom stereocenters. The molecule has 1 aromatic heterocycles. The molecule has 0 saturated carbocycles. The van der Waals surface area contributed by atoms with Gasteiger partial charge in [0.15, 0.2) is 11.6 Å². The van der Waals surface area contributed by atoms with Crippen LogP contribution in [-0.4, -0.2) is 123 Å². The first-order valence-corrected chi connectivity index (χ1v) is 23.8. The summed E-state index contributed by atoms with van der Waals surface area (Å²) in [6.45, 7) is 17.6. The number of imide groups is 1. The Bertz CT molecular complexity index is 2500. The number of nitrogens with zero attached hydrogens (tertiary/aromatic N) is 7. The average Bonchev–Trinajstić information content (AvgIpc) is 3.33. The van der Waals surface area contributed by atoms with Gasteiger partial charge in [0.05, 0.1) is 22.5 Å². The smallest absolute Gasteiger partial charge is 0.229 e. The zero-order valence-electron chi connectivity index (χ0n) is 40.2. The molecular formula is C52H65F2N9O5. The highest BCUT2D eigenvalue weighted by Gasteiger charge is 2.29. The monoisotopic (exact) mass is 934 g/mol. The number of hydrogen-bond donors (Lipinski definition) is 2. The van der Waals surface area contributed by atoms with E-state index in [2.05, 4.69) is 67.4 Å². The van der Waals surface area contributed by atoms with E-state index >= 15 is 4.39 Å². The molecule has 2 N–H and O–H groups in total. The van der Waals surface area contributed by atoms with Gasteiger partial charge < -0.3 is 24.9 Å². The number of rotatable bonds is 11. The minimum atomic E-state index is -0.463. The molecule has 3 amide bonds. The van der Waals surface area contributed by atoms with Gasteiger partial charge in [0.25, 0.3) is 0 Å². The van der Waals surface area contributed by atoms with Gasteiger partial charge in [0.2, 0.25) is 18.2 Å². The van der Waals surface area contributed by atoms with Gasteiger partial charge in [0.1, 0.15) is 17.7 Å². The van der Waals surface area contributed by atoms with Crippen LogP contribution in [0.4, 0.5) is 31.5 Å². The number of likely N-dealkylation sites (N-methyl/N-ethyl adjacent to an activating group) is 1. The normalized spacial score (nSPS) is 19.7. The molecule has 16 heteroatoms. The molecule has 14 nitrogen and oxygen atoms in total. The number of carbonyl (C=O) groups excluding carboxylic acids is 5. The third-order valence-electron chi connectivity index (χ3n) is 13.7.